The number of fused-ring (bicyclic) bond motifs is 1. The van der Waals surface area contributed by atoms with Crippen LogP contribution in [0.2, 0.25) is 0 Å². The van der Waals surface area contributed by atoms with Crippen LogP contribution in [0.4, 0.5) is 8.78 Å². The highest BCUT2D eigenvalue weighted by atomic mass is 19.2. The van der Waals surface area contributed by atoms with Crippen molar-refractivity contribution >= 4 is 0 Å². The number of benzene rings is 2. The Morgan fingerprint density at radius 1 is 0.909 bits per heavy atom. The van der Waals surface area contributed by atoms with Crippen molar-refractivity contribution in [3.05, 3.63) is 59.2 Å². The highest BCUT2D eigenvalue weighted by Crippen LogP contribution is 2.32. The average molecular weight is 305 g/mol. The van der Waals surface area contributed by atoms with Crippen LogP contribution in [-0.2, 0) is 13.1 Å². The van der Waals surface area contributed by atoms with E-state index in [1.807, 2.05) is 25.1 Å². The van der Waals surface area contributed by atoms with Crippen molar-refractivity contribution in [2.24, 2.45) is 0 Å². The van der Waals surface area contributed by atoms with Crippen LogP contribution in [0.25, 0.3) is 0 Å². The van der Waals surface area contributed by atoms with Gasteiger partial charge in [-0.3, -0.25) is 4.90 Å². The highest BCUT2D eigenvalue weighted by molar-refractivity contribution is 5.44. The van der Waals surface area contributed by atoms with Gasteiger partial charge in [0, 0.05) is 13.1 Å². The molecule has 0 fully saturated rings. The molecule has 1 heterocycles. The van der Waals surface area contributed by atoms with E-state index >= 15 is 0 Å². The molecule has 0 aliphatic carbocycles. The van der Waals surface area contributed by atoms with Crippen LogP contribution in [0.1, 0.15) is 18.1 Å². The third-order valence-electron chi connectivity index (χ3n) is 3.68. The molecular formula is C17H17F2NO2. The van der Waals surface area contributed by atoms with E-state index < -0.39 is 11.6 Å². The normalized spacial score (nSPS) is 12.9. The monoisotopic (exact) mass is 305 g/mol. The number of hydrogen-bond acceptors (Lipinski definition) is 3. The topological polar surface area (TPSA) is 21.7 Å². The Kier molecular flexibility index (Phi) is 4.24. The Labute approximate surface area is 128 Å². The van der Waals surface area contributed by atoms with Crippen LogP contribution in [0, 0.1) is 11.6 Å². The molecule has 0 aromatic heterocycles. The average Bonchev–Trinajstić information content (AvgIpc) is 2.98. The van der Waals surface area contributed by atoms with E-state index in [0.29, 0.717) is 13.1 Å². The van der Waals surface area contributed by atoms with Gasteiger partial charge in [0.05, 0.1) is 0 Å². The van der Waals surface area contributed by atoms with E-state index in [2.05, 4.69) is 4.90 Å². The van der Waals surface area contributed by atoms with E-state index in [-0.39, 0.29) is 6.79 Å². The predicted octanol–water partition coefficient (Wildman–Crippen LogP) is 3.72. The first-order chi connectivity index (χ1) is 10.7. The molecule has 0 saturated heterocycles. The summed E-state index contributed by atoms with van der Waals surface area (Å²) in [7, 11) is 0. The maximum Gasteiger partial charge on any atom is 0.231 e. The second-order valence-electron chi connectivity index (χ2n) is 5.24. The predicted molar refractivity (Wildman–Crippen MR) is 78.7 cm³/mol. The van der Waals surface area contributed by atoms with Gasteiger partial charge in [0.25, 0.3) is 0 Å². The van der Waals surface area contributed by atoms with Gasteiger partial charge in [-0.15, -0.1) is 0 Å². The zero-order valence-corrected chi connectivity index (χ0v) is 12.3. The van der Waals surface area contributed by atoms with E-state index in [1.165, 1.54) is 12.1 Å². The van der Waals surface area contributed by atoms with Crippen molar-refractivity contribution in [3.63, 3.8) is 0 Å². The second-order valence-corrected chi connectivity index (χ2v) is 5.24. The summed E-state index contributed by atoms with van der Waals surface area (Å²) in [6, 6.07) is 9.86. The minimum atomic E-state index is -0.817. The van der Waals surface area contributed by atoms with Crippen molar-refractivity contribution in [2.45, 2.75) is 20.0 Å². The summed E-state index contributed by atoms with van der Waals surface area (Å²) in [4.78, 5) is 2.14. The maximum absolute atomic E-state index is 13.3. The summed E-state index contributed by atoms with van der Waals surface area (Å²) >= 11 is 0. The minimum absolute atomic E-state index is 0.255. The van der Waals surface area contributed by atoms with Crippen molar-refractivity contribution in [1.29, 1.82) is 0 Å². The number of ether oxygens (including phenoxy) is 2. The molecule has 0 unspecified atom stereocenters. The molecule has 116 valence electrons. The highest BCUT2D eigenvalue weighted by Gasteiger charge is 2.14. The van der Waals surface area contributed by atoms with Gasteiger partial charge in [-0.2, -0.15) is 0 Å². The molecule has 3 nitrogen and oxygen atoms in total. The minimum Gasteiger partial charge on any atom is -0.454 e. The summed E-state index contributed by atoms with van der Waals surface area (Å²) in [6.07, 6.45) is 0. The molecule has 1 aliphatic heterocycles. The lowest BCUT2D eigenvalue weighted by Gasteiger charge is -2.21. The van der Waals surface area contributed by atoms with Gasteiger partial charge >= 0.3 is 0 Å². The standard InChI is InChI=1S/C17H17F2NO2/c1-2-20(9-12-3-5-14(18)15(19)7-12)10-13-4-6-16-17(8-13)22-11-21-16/h3-8H,2,9-11H2,1H3. The smallest absolute Gasteiger partial charge is 0.231 e. The summed E-state index contributed by atoms with van der Waals surface area (Å²) in [6.45, 7) is 4.35. The summed E-state index contributed by atoms with van der Waals surface area (Å²) in [5, 5.41) is 0. The molecule has 0 amide bonds. The number of nitrogens with zero attached hydrogens (tertiary/aromatic N) is 1. The third-order valence-corrected chi connectivity index (χ3v) is 3.68. The first kappa shape index (κ1) is 14.8. The molecule has 2 aromatic rings. The van der Waals surface area contributed by atoms with Crippen LogP contribution >= 0.6 is 0 Å². The van der Waals surface area contributed by atoms with Gasteiger partial charge in [-0.1, -0.05) is 19.1 Å². The van der Waals surface area contributed by atoms with Crippen LogP contribution < -0.4 is 9.47 Å². The Balaban J connectivity index is 1.70. The molecule has 0 saturated carbocycles. The van der Waals surface area contributed by atoms with Gasteiger partial charge in [-0.05, 0) is 41.9 Å². The molecule has 3 rings (SSSR count). The van der Waals surface area contributed by atoms with Crippen LogP contribution in [0.5, 0.6) is 11.5 Å². The van der Waals surface area contributed by atoms with E-state index in [0.717, 1.165) is 29.2 Å². The molecule has 22 heavy (non-hydrogen) atoms. The molecule has 0 atom stereocenters. The molecule has 0 spiro atoms. The van der Waals surface area contributed by atoms with Gasteiger partial charge < -0.3 is 9.47 Å². The van der Waals surface area contributed by atoms with Crippen molar-refractivity contribution in [1.82, 2.24) is 4.90 Å². The maximum atomic E-state index is 13.3. The van der Waals surface area contributed by atoms with Gasteiger partial charge in [0.2, 0.25) is 6.79 Å². The molecule has 0 radical (unpaired) electrons. The van der Waals surface area contributed by atoms with Crippen LogP contribution in [0.15, 0.2) is 36.4 Å². The third kappa shape index (κ3) is 3.20. The Morgan fingerprint density at radius 2 is 1.59 bits per heavy atom. The summed E-state index contributed by atoms with van der Waals surface area (Å²) < 4.78 is 36.9. The molecular weight excluding hydrogens is 288 g/mol. The van der Waals surface area contributed by atoms with Gasteiger partial charge in [0.15, 0.2) is 23.1 Å². The van der Waals surface area contributed by atoms with E-state index in [4.69, 9.17) is 9.47 Å². The summed E-state index contributed by atoms with van der Waals surface area (Å²) in [5.74, 6) is -0.118. The lowest BCUT2D eigenvalue weighted by molar-refractivity contribution is 0.174. The fourth-order valence-corrected chi connectivity index (χ4v) is 2.47. The number of rotatable bonds is 5. The zero-order chi connectivity index (χ0) is 15.5. The first-order valence-electron chi connectivity index (χ1n) is 7.20. The quantitative estimate of drug-likeness (QED) is 0.840. The van der Waals surface area contributed by atoms with E-state index in [9.17, 15) is 8.78 Å². The largest absolute Gasteiger partial charge is 0.454 e. The van der Waals surface area contributed by atoms with E-state index in [1.54, 1.807) is 6.07 Å². The Bertz CT molecular complexity index is 676. The Morgan fingerprint density at radius 3 is 2.32 bits per heavy atom. The fraction of sp³-hybridized carbons (Fsp3) is 0.294. The van der Waals surface area contributed by atoms with Crippen molar-refractivity contribution in [3.8, 4) is 11.5 Å². The van der Waals surface area contributed by atoms with Crippen LogP contribution in [-0.4, -0.2) is 18.2 Å². The fourth-order valence-electron chi connectivity index (χ4n) is 2.47. The number of halogens is 2. The SMILES string of the molecule is CCN(Cc1ccc(F)c(F)c1)Cc1ccc2c(c1)OCO2. The molecule has 2 aromatic carbocycles. The zero-order valence-electron chi connectivity index (χ0n) is 12.3. The van der Waals surface area contributed by atoms with Crippen molar-refractivity contribution in [2.75, 3.05) is 13.3 Å². The van der Waals surface area contributed by atoms with Crippen LogP contribution in [0.3, 0.4) is 0 Å². The summed E-state index contributed by atoms with van der Waals surface area (Å²) in [5.41, 5.74) is 1.84. The Hall–Kier alpha value is -2.14. The van der Waals surface area contributed by atoms with Gasteiger partial charge in [0.1, 0.15) is 0 Å². The van der Waals surface area contributed by atoms with Crippen molar-refractivity contribution < 1.29 is 18.3 Å². The van der Waals surface area contributed by atoms with Gasteiger partial charge in [-0.25, -0.2) is 8.78 Å². The number of hydrogen-bond donors (Lipinski definition) is 0. The molecule has 5 heteroatoms. The molecule has 0 bridgehead atoms. The lowest BCUT2D eigenvalue weighted by Crippen LogP contribution is -2.22. The molecule has 1 aliphatic rings. The first-order valence-corrected chi connectivity index (χ1v) is 7.20. The molecule has 0 N–H and O–H groups in total. The second kappa shape index (κ2) is 6.32. The lowest BCUT2D eigenvalue weighted by atomic mass is 10.1.